The molecule has 3 amide bonds. The van der Waals surface area contributed by atoms with Crippen LogP contribution < -0.4 is 20.3 Å². The highest BCUT2D eigenvalue weighted by Crippen LogP contribution is 2.38. The Morgan fingerprint density at radius 2 is 1.93 bits per heavy atom. The summed E-state index contributed by atoms with van der Waals surface area (Å²) in [6, 6.07) is 15.3. The van der Waals surface area contributed by atoms with Crippen LogP contribution in [-0.4, -0.2) is 31.6 Å². The number of urea groups is 1. The average molecular weight is 396 g/mol. The summed E-state index contributed by atoms with van der Waals surface area (Å²) in [6.07, 6.45) is 1.78. The van der Waals surface area contributed by atoms with E-state index < -0.39 is 5.41 Å². The van der Waals surface area contributed by atoms with Gasteiger partial charge in [-0.1, -0.05) is 30.3 Å². The topological polar surface area (TPSA) is 70.7 Å². The van der Waals surface area contributed by atoms with Crippen molar-refractivity contribution >= 4 is 23.3 Å². The highest BCUT2D eigenvalue weighted by Gasteiger charge is 2.37. The number of hydrogen-bond donors (Lipinski definition) is 2. The zero-order valence-electron chi connectivity index (χ0n) is 17.3. The van der Waals surface area contributed by atoms with Crippen molar-refractivity contribution in [1.82, 2.24) is 5.32 Å². The van der Waals surface area contributed by atoms with Crippen molar-refractivity contribution in [2.45, 2.75) is 33.6 Å². The fourth-order valence-corrected chi connectivity index (χ4v) is 3.35. The summed E-state index contributed by atoms with van der Waals surface area (Å²) in [5.74, 6) is 0.667. The maximum atomic E-state index is 12.8. The van der Waals surface area contributed by atoms with E-state index in [0.717, 1.165) is 12.8 Å². The summed E-state index contributed by atoms with van der Waals surface area (Å²) >= 11 is 0. The maximum Gasteiger partial charge on any atom is 0.319 e. The molecule has 0 spiro atoms. The first-order valence-electron chi connectivity index (χ1n) is 10.1. The van der Waals surface area contributed by atoms with Crippen LogP contribution >= 0.6 is 0 Å². The van der Waals surface area contributed by atoms with Gasteiger partial charge in [-0.25, -0.2) is 4.79 Å². The fraction of sp³-hybridized carbons (Fsp3) is 0.391. The number of amides is 3. The molecular formula is C23H29N3O3. The Labute approximate surface area is 172 Å². The van der Waals surface area contributed by atoms with Crippen LogP contribution in [-0.2, 0) is 11.2 Å². The molecule has 2 aromatic carbocycles. The van der Waals surface area contributed by atoms with Gasteiger partial charge in [0.25, 0.3) is 0 Å². The molecule has 0 aromatic heterocycles. The lowest BCUT2D eigenvalue weighted by molar-refractivity contribution is -0.127. The Balaban J connectivity index is 1.59. The summed E-state index contributed by atoms with van der Waals surface area (Å²) in [4.78, 5) is 26.8. The third-order valence-electron chi connectivity index (χ3n) is 5.01. The van der Waals surface area contributed by atoms with Crippen molar-refractivity contribution in [3.05, 3.63) is 54.1 Å². The van der Waals surface area contributed by atoms with Crippen LogP contribution in [0.2, 0.25) is 0 Å². The first-order valence-corrected chi connectivity index (χ1v) is 10.1. The summed E-state index contributed by atoms with van der Waals surface area (Å²) in [5, 5.41) is 5.73. The third-order valence-corrected chi connectivity index (χ3v) is 5.01. The molecule has 29 heavy (non-hydrogen) atoms. The molecule has 6 nitrogen and oxygen atoms in total. The molecule has 0 unspecified atom stereocenters. The summed E-state index contributed by atoms with van der Waals surface area (Å²) in [5.41, 5.74) is 1.97. The molecule has 0 saturated heterocycles. The number of ether oxygens (including phenoxy) is 1. The van der Waals surface area contributed by atoms with Gasteiger partial charge in [0.05, 0.1) is 11.1 Å². The molecule has 6 heteroatoms. The van der Waals surface area contributed by atoms with E-state index in [0.29, 0.717) is 36.8 Å². The van der Waals surface area contributed by atoms with Gasteiger partial charge < -0.3 is 20.3 Å². The van der Waals surface area contributed by atoms with Gasteiger partial charge >= 0.3 is 6.03 Å². The van der Waals surface area contributed by atoms with Gasteiger partial charge in [-0.15, -0.1) is 0 Å². The smallest absolute Gasteiger partial charge is 0.319 e. The highest BCUT2D eigenvalue weighted by molar-refractivity contribution is 6.00. The summed E-state index contributed by atoms with van der Waals surface area (Å²) < 4.78 is 5.86. The van der Waals surface area contributed by atoms with Gasteiger partial charge in [-0.2, -0.15) is 0 Å². The molecule has 154 valence electrons. The minimum absolute atomic E-state index is 0.0151. The predicted molar refractivity (Wildman–Crippen MR) is 116 cm³/mol. The van der Waals surface area contributed by atoms with E-state index in [2.05, 4.69) is 22.8 Å². The van der Waals surface area contributed by atoms with Gasteiger partial charge in [0.2, 0.25) is 5.91 Å². The normalized spacial score (nSPS) is 15.1. The molecule has 0 fully saturated rings. The van der Waals surface area contributed by atoms with Crippen LogP contribution in [0.3, 0.4) is 0 Å². The van der Waals surface area contributed by atoms with Gasteiger partial charge in [-0.05, 0) is 57.4 Å². The molecule has 2 N–H and O–H groups in total. The maximum absolute atomic E-state index is 12.8. The van der Waals surface area contributed by atoms with Gasteiger partial charge in [0.1, 0.15) is 12.4 Å². The van der Waals surface area contributed by atoms with Crippen molar-refractivity contribution in [3.63, 3.8) is 0 Å². The molecular weight excluding hydrogens is 366 g/mol. The molecule has 2 aromatic rings. The van der Waals surface area contributed by atoms with Crippen LogP contribution in [0.4, 0.5) is 16.2 Å². The van der Waals surface area contributed by atoms with E-state index in [4.69, 9.17) is 4.74 Å². The first-order chi connectivity index (χ1) is 13.9. The van der Waals surface area contributed by atoms with Crippen molar-refractivity contribution in [2.75, 3.05) is 29.9 Å². The quantitative estimate of drug-likeness (QED) is 0.720. The molecule has 0 radical (unpaired) electrons. The molecule has 0 aliphatic carbocycles. The fourth-order valence-electron chi connectivity index (χ4n) is 3.35. The van der Waals surface area contributed by atoms with E-state index >= 15 is 0 Å². The molecule has 3 rings (SSSR count). The lowest BCUT2D eigenvalue weighted by atomic mass is 9.93. The number of aryl methyl sites for hydroxylation is 1. The van der Waals surface area contributed by atoms with Gasteiger partial charge in [0, 0.05) is 18.8 Å². The van der Waals surface area contributed by atoms with Gasteiger partial charge in [0.15, 0.2) is 0 Å². The standard InChI is InChI=1S/C23H29N3O3/c1-4-26-19-15-18(12-13-20(19)29-16-23(2,3)21(26)27)25-22(28)24-14-8-11-17-9-6-5-7-10-17/h5-7,9-10,12-13,15H,4,8,11,14,16H2,1-3H3,(H2,24,25,28). The van der Waals surface area contributed by atoms with Crippen LogP contribution in [0.5, 0.6) is 5.75 Å². The lowest BCUT2D eigenvalue weighted by Gasteiger charge is -2.27. The molecule has 1 aliphatic heterocycles. The predicted octanol–water partition coefficient (Wildman–Crippen LogP) is 4.21. The first kappa shape index (κ1) is 20.7. The average Bonchev–Trinajstić information content (AvgIpc) is 2.80. The Hall–Kier alpha value is -3.02. The second-order valence-electron chi connectivity index (χ2n) is 7.87. The number of carbonyl (C=O) groups excluding carboxylic acids is 2. The van der Waals surface area contributed by atoms with Crippen molar-refractivity contribution in [1.29, 1.82) is 0 Å². The molecule has 1 aliphatic rings. The summed E-state index contributed by atoms with van der Waals surface area (Å²) in [7, 11) is 0. The monoisotopic (exact) mass is 395 g/mol. The van der Waals surface area contributed by atoms with E-state index in [9.17, 15) is 9.59 Å². The Morgan fingerprint density at radius 1 is 1.17 bits per heavy atom. The molecule has 0 bridgehead atoms. The van der Waals surface area contributed by atoms with Crippen LogP contribution in [0.1, 0.15) is 32.8 Å². The number of fused-ring (bicyclic) bond motifs is 1. The van der Waals surface area contributed by atoms with E-state index in [1.54, 1.807) is 23.1 Å². The number of benzene rings is 2. The molecule has 0 atom stereocenters. The van der Waals surface area contributed by atoms with E-state index in [-0.39, 0.29) is 11.9 Å². The number of nitrogens with one attached hydrogen (secondary N) is 2. The van der Waals surface area contributed by atoms with Crippen molar-refractivity contribution < 1.29 is 14.3 Å². The summed E-state index contributed by atoms with van der Waals surface area (Å²) in [6.45, 7) is 7.14. The number of nitrogens with zero attached hydrogens (tertiary/aromatic N) is 1. The lowest BCUT2D eigenvalue weighted by Crippen LogP contribution is -2.42. The van der Waals surface area contributed by atoms with E-state index in [1.807, 2.05) is 39.0 Å². The minimum atomic E-state index is -0.598. The number of carbonyl (C=O) groups is 2. The van der Waals surface area contributed by atoms with Crippen LogP contribution in [0, 0.1) is 5.41 Å². The number of rotatable bonds is 6. The number of anilines is 2. The molecule has 1 heterocycles. The van der Waals surface area contributed by atoms with Crippen molar-refractivity contribution in [2.24, 2.45) is 5.41 Å². The third kappa shape index (κ3) is 5.08. The van der Waals surface area contributed by atoms with Gasteiger partial charge in [-0.3, -0.25) is 4.79 Å². The minimum Gasteiger partial charge on any atom is -0.490 e. The van der Waals surface area contributed by atoms with Crippen LogP contribution in [0.15, 0.2) is 48.5 Å². The Bertz CT molecular complexity index is 865. The van der Waals surface area contributed by atoms with Crippen molar-refractivity contribution in [3.8, 4) is 5.75 Å². The zero-order valence-corrected chi connectivity index (χ0v) is 17.3. The second-order valence-corrected chi connectivity index (χ2v) is 7.87. The SMILES string of the molecule is CCN1C(=O)C(C)(C)COc2ccc(NC(=O)NCCCc3ccccc3)cc21. The largest absolute Gasteiger partial charge is 0.490 e. The van der Waals surface area contributed by atoms with E-state index in [1.165, 1.54) is 5.56 Å². The molecule has 0 saturated carbocycles. The second kappa shape index (κ2) is 8.99. The Morgan fingerprint density at radius 3 is 2.66 bits per heavy atom. The van der Waals surface area contributed by atoms with Crippen LogP contribution in [0.25, 0.3) is 0 Å². The zero-order chi connectivity index (χ0) is 20.9. The number of hydrogen-bond acceptors (Lipinski definition) is 3. The Kier molecular flexibility index (Phi) is 6.42. The highest BCUT2D eigenvalue weighted by atomic mass is 16.5.